The molecule has 4 heteroatoms. The molecule has 0 aromatic heterocycles. The molecule has 2 aliphatic rings. The molecular weight excluding hydrogens is 887 g/mol. The predicted molar refractivity (Wildman–Crippen MR) is 276 cm³/mol. The van der Waals surface area contributed by atoms with Gasteiger partial charge in [0.2, 0.25) is 0 Å². The summed E-state index contributed by atoms with van der Waals surface area (Å²) in [7, 11) is 11.0. The van der Waals surface area contributed by atoms with Gasteiger partial charge in [0.15, 0.2) is 0 Å². The fourth-order valence-corrected chi connectivity index (χ4v) is 10.2. The van der Waals surface area contributed by atoms with Crippen LogP contribution in [0.1, 0.15) is 154 Å². The normalized spacial score (nSPS) is 15.3. The van der Waals surface area contributed by atoms with Gasteiger partial charge in [0.1, 0.15) is 0 Å². The molecule has 8 rings (SSSR count). The molecule has 0 nitrogen and oxygen atoms in total. The standard InChI is InChI=1S/2C27H33.C4H10Si.2ClH.Zr/c2*1-27(2,3)24-15-13-22(14-16-24)25-12-8-11-23-18-21(19-26(23)25)17-20-9-6-4-5-7-10-20;1-3-4-5-2;;;/h2*8,11-16,18-20H,4-7,9-10,17H2,1-3H3;3-4H2,1-2H3;2*1H;/q2*-1;;;;+4/p-2. The van der Waals surface area contributed by atoms with Gasteiger partial charge in [0.05, 0.1) is 0 Å². The molecule has 2 fully saturated rings. The summed E-state index contributed by atoms with van der Waals surface area (Å²) < 4.78 is 0. The second-order valence-corrected chi connectivity index (χ2v) is 25.2. The Labute approximate surface area is 399 Å². The average Bonchev–Trinajstić information content (AvgIpc) is 3.64. The molecule has 330 valence electrons. The van der Waals surface area contributed by atoms with Crippen molar-refractivity contribution in [1.29, 1.82) is 0 Å². The number of benzene rings is 4. The molecule has 0 aliphatic heterocycles. The first-order chi connectivity index (χ1) is 29.8. The predicted octanol–water partition coefficient (Wildman–Crippen LogP) is 19.0. The van der Waals surface area contributed by atoms with Crippen LogP contribution in [-0.2, 0) is 44.5 Å². The fourth-order valence-electron chi connectivity index (χ4n) is 9.69. The maximum atomic E-state index is 4.93. The summed E-state index contributed by atoms with van der Waals surface area (Å²) in [4.78, 5) is 0. The van der Waals surface area contributed by atoms with E-state index >= 15 is 0 Å². The summed E-state index contributed by atoms with van der Waals surface area (Å²) in [5.74, 6) is 1.78. The maximum absolute atomic E-state index is 4.93. The topological polar surface area (TPSA) is 0 Å². The van der Waals surface area contributed by atoms with Crippen molar-refractivity contribution < 1.29 is 20.8 Å². The Balaban J connectivity index is 0.000000200. The van der Waals surface area contributed by atoms with Crippen molar-refractivity contribution in [3.05, 3.63) is 131 Å². The van der Waals surface area contributed by atoms with Gasteiger partial charge in [0, 0.05) is 9.52 Å². The van der Waals surface area contributed by atoms with E-state index in [4.69, 9.17) is 17.0 Å². The van der Waals surface area contributed by atoms with Crippen LogP contribution in [0.2, 0.25) is 12.6 Å². The van der Waals surface area contributed by atoms with E-state index in [0.717, 1.165) is 21.4 Å². The molecule has 6 aromatic rings. The first kappa shape index (κ1) is 50.8. The monoisotopic (exact) mass is 960 g/mol. The van der Waals surface area contributed by atoms with Crippen LogP contribution in [0.15, 0.2) is 109 Å². The quantitative estimate of drug-likeness (QED) is 0.0810. The number of hydrogen-bond donors (Lipinski definition) is 0. The fraction of sp³-hybridized carbons (Fsp3) is 0.483. The molecule has 0 heterocycles. The van der Waals surface area contributed by atoms with Crippen LogP contribution in [0.4, 0.5) is 0 Å². The summed E-state index contributed by atoms with van der Waals surface area (Å²) >= 11 is -0.826. The van der Waals surface area contributed by atoms with Gasteiger partial charge in [-0.05, 0) is 57.8 Å². The van der Waals surface area contributed by atoms with E-state index < -0.39 is 20.8 Å². The van der Waals surface area contributed by atoms with Gasteiger partial charge in [-0.2, -0.15) is 12.1 Å². The van der Waals surface area contributed by atoms with Gasteiger partial charge in [-0.1, -0.05) is 216 Å². The molecule has 62 heavy (non-hydrogen) atoms. The molecule has 0 unspecified atom stereocenters. The van der Waals surface area contributed by atoms with E-state index in [2.05, 4.69) is 164 Å². The SMILES string of the molecule is CC(C)(C)c1ccc(-c2cccc3[cH-]c(CC4CCCCCC4)cc23)cc1.CC(C)(C)c1ccc(-c2cccc3[cH-]c(CC4CCCCCC4)cc23)cc1.CCC[Si]C.[Cl][Zr+2][Cl]. The molecule has 2 saturated carbocycles. The summed E-state index contributed by atoms with van der Waals surface area (Å²) in [6.45, 7) is 18.1. The van der Waals surface area contributed by atoms with Crippen LogP contribution in [0.25, 0.3) is 43.8 Å². The van der Waals surface area contributed by atoms with Crippen LogP contribution in [-0.4, -0.2) is 9.52 Å². The van der Waals surface area contributed by atoms with Crippen molar-refractivity contribution in [3.63, 3.8) is 0 Å². The van der Waals surface area contributed by atoms with E-state index in [1.54, 1.807) is 0 Å². The Morgan fingerprint density at radius 2 is 0.903 bits per heavy atom. The Morgan fingerprint density at radius 1 is 0.548 bits per heavy atom. The number of rotatable bonds is 8. The molecule has 0 atom stereocenters. The number of hydrogen-bond acceptors (Lipinski definition) is 0. The minimum atomic E-state index is -0.826. The van der Waals surface area contributed by atoms with Gasteiger partial charge in [0.25, 0.3) is 0 Å². The Hall–Kier alpha value is -2.22. The summed E-state index contributed by atoms with van der Waals surface area (Å²) in [6, 6.07) is 43.1. The zero-order valence-corrected chi connectivity index (χ0v) is 44.6. The summed E-state index contributed by atoms with van der Waals surface area (Å²) in [5.41, 5.74) is 11.7. The zero-order valence-electron chi connectivity index (χ0n) is 39.6. The van der Waals surface area contributed by atoms with Gasteiger partial charge in [-0.15, -0.1) is 69.1 Å². The van der Waals surface area contributed by atoms with Crippen molar-refractivity contribution in [1.82, 2.24) is 0 Å². The van der Waals surface area contributed by atoms with Gasteiger partial charge >= 0.3 is 37.9 Å². The van der Waals surface area contributed by atoms with Crippen molar-refractivity contribution in [2.45, 2.75) is 168 Å². The minimum absolute atomic E-state index is 0.205. The van der Waals surface area contributed by atoms with E-state index in [-0.39, 0.29) is 10.8 Å². The van der Waals surface area contributed by atoms with Crippen molar-refractivity contribution in [2.24, 2.45) is 11.8 Å². The van der Waals surface area contributed by atoms with Crippen molar-refractivity contribution in [2.75, 3.05) is 0 Å². The first-order valence-electron chi connectivity index (χ1n) is 24.0. The molecular formula is C58H76Cl2SiZr. The van der Waals surface area contributed by atoms with Gasteiger partial charge in [-0.25, -0.2) is 0 Å². The Bertz CT molecular complexity index is 2000. The van der Waals surface area contributed by atoms with Crippen LogP contribution < -0.4 is 0 Å². The third-order valence-corrected chi connectivity index (χ3v) is 14.2. The van der Waals surface area contributed by atoms with Gasteiger partial charge < -0.3 is 0 Å². The summed E-state index contributed by atoms with van der Waals surface area (Å²) in [6.07, 6.45) is 21.0. The summed E-state index contributed by atoms with van der Waals surface area (Å²) in [5, 5.41) is 5.64. The number of halogens is 2. The van der Waals surface area contributed by atoms with Crippen LogP contribution in [0, 0.1) is 11.8 Å². The van der Waals surface area contributed by atoms with Gasteiger partial charge in [-0.3, -0.25) is 0 Å². The first-order valence-corrected chi connectivity index (χ1v) is 32.1. The third kappa shape index (κ3) is 15.5. The third-order valence-electron chi connectivity index (χ3n) is 13.2. The molecule has 0 saturated heterocycles. The van der Waals surface area contributed by atoms with Crippen LogP contribution >= 0.6 is 17.0 Å². The molecule has 6 aromatic carbocycles. The zero-order chi connectivity index (χ0) is 44.5. The molecule has 0 spiro atoms. The van der Waals surface area contributed by atoms with E-state index in [9.17, 15) is 0 Å². The van der Waals surface area contributed by atoms with Crippen LogP contribution in [0.3, 0.4) is 0 Å². The number of fused-ring (bicyclic) bond motifs is 2. The Kier molecular flexibility index (Phi) is 20.9. The Morgan fingerprint density at radius 3 is 1.19 bits per heavy atom. The second kappa shape index (κ2) is 25.5. The molecule has 2 aliphatic carbocycles. The molecule has 0 N–H and O–H groups in total. The van der Waals surface area contributed by atoms with E-state index in [0.29, 0.717) is 0 Å². The molecule has 2 radical (unpaired) electrons. The average molecular weight is 963 g/mol. The molecule has 0 bridgehead atoms. The second-order valence-electron chi connectivity index (χ2n) is 20.3. The van der Waals surface area contributed by atoms with E-state index in [1.165, 1.54) is 168 Å². The van der Waals surface area contributed by atoms with Crippen molar-refractivity contribution >= 4 is 48.1 Å². The molecule has 0 amide bonds. The van der Waals surface area contributed by atoms with Crippen molar-refractivity contribution in [3.8, 4) is 22.3 Å². The van der Waals surface area contributed by atoms with E-state index in [1.807, 2.05) is 0 Å². The van der Waals surface area contributed by atoms with Crippen LogP contribution in [0.5, 0.6) is 0 Å².